The van der Waals surface area contributed by atoms with E-state index >= 15 is 0 Å². The highest BCUT2D eigenvalue weighted by Crippen LogP contribution is 2.01. The van der Waals surface area contributed by atoms with E-state index < -0.39 is 0 Å². The molecule has 0 aliphatic heterocycles. The molecule has 2 N–H and O–H groups in total. The highest BCUT2D eigenvalue weighted by molar-refractivity contribution is 6.03. The van der Waals surface area contributed by atoms with Gasteiger partial charge >= 0.3 is 0 Å². The van der Waals surface area contributed by atoms with Crippen molar-refractivity contribution in [1.82, 2.24) is 20.2 Å². The van der Waals surface area contributed by atoms with E-state index in [0.29, 0.717) is 11.4 Å². The van der Waals surface area contributed by atoms with Crippen molar-refractivity contribution >= 4 is 11.7 Å². The van der Waals surface area contributed by atoms with E-state index in [2.05, 4.69) is 25.5 Å². The van der Waals surface area contributed by atoms with Gasteiger partial charge in [-0.2, -0.15) is 5.10 Å². The standard InChI is InChI=1S/C8H7N5O/c14-8(6-3-11-12-4-6)13-7-5-9-1-2-10-7/h1-5H,(H,11,12)(H,10,13,14). The zero-order valence-corrected chi connectivity index (χ0v) is 7.14. The van der Waals surface area contributed by atoms with Gasteiger partial charge in [-0.05, 0) is 0 Å². The fraction of sp³-hybridized carbons (Fsp3) is 0. The fourth-order valence-electron chi connectivity index (χ4n) is 0.927. The number of rotatable bonds is 2. The smallest absolute Gasteiger partial charge is 0.260 e. The van der Waals surface area contributed by atoms with Gasteiger partial charge in [0, 0.05) is 18.6 Å². The zero-order chi connectivity index (χ0) is 9.80. The van der Waals surface area contributed by atoms with Crippen molar-refractivity contribution in [3.8, 4) is 0 Å². The summed E-state index contributed by atoms with van der Waals surface area (Å²) >= 11 is 0. The van der Waals surface area contributed by atoms with Gasteiger partial charge in [-0.1, -0.05) is 0 Å². The number of nitrogens with zero attached hydrogens (tertiary/aromatic N) is 3. The third kappa shape index (κ3) is 1.74. The molecule has 2 heterocycles. The first kappa shape index (κ1) is 8.36. The van der Waals surface area contributed by atoms with Crippen LogP contribution < -0.4 is 5.32 Å². The van der Waals surface area contributed by atoms with Crippen LogP contribution in [0.5, 0.6) is 0 Å². The molecule has 0 spiro atoms. The lowest BCUT2D eigenvalue weighted by Gasteiger charge is -1.99. The Labute approximate surface area is 79.4 Å². The molecular weight excluding hydrogens is 182 g/mol. The highest BCUT2D eigenvalue weighted by atomic mass is 16.1. The average molecular weight is 189 g/mol. The zero-order valence-electron chi connectivity index (χ0n) is 7.14. The Hall–Kier alpha value is -2.24. The van der Waals surface area contributed by atoms with Crippen LogP contribution in [0.15, 0.2) is 31.0 Å². The minimum Gasteiger partial charge on any atom is -0.305 e. The molecule has 70 valence electrons. The molecule has 1 amide bonds. The topological polar surface area (TPSA) is 83.6 Å². The number of nitrogens with one attached hydrogen (secondary N) is 2. The van der Waals surface area contributed by atoms with E-state index in [1.165, 1.54) is 31.0 Å². The summed E-state index contributed by atoms with van der Waals surface area (Å²) in [7, 11) is 0. The molecule has 0 aliphatic carbocycles. The van der Waals surface area contributed by atoms with E-state index in [-0.39, 0.29) is 5.91 Å². The molecule has 6 heteroatoms. The van der Waals surface area contributed by atoms with Gasteiger partial charge in [0.15, 0.2) is 5.82 Å². The number of amides is 1. The largest absolute Gasteiger partial charge is 0.305 e. The normalized spacial score (nSPS) is 9.71. The first-order chi connectivity index (χ1) is 6.86. The molecule has 0 bridgehead atoms. The van der Waals surface area contributed by atoms with Gasteiger partial charge in [-0.3, -0.25) is 14.9 Å². The summed E-state index contributed by atoms with van der Waals surface area (Å²) in [4.78, 5) is 19.2. The van der Waals surface area contributed by atoms with Gasteiger partial charge in [0.1, 0.15) is 0 Å². The molecule has 0 radical (unpaired) electrons. The third-order valence-corrected chi connectivity index (χ3v) is 1.57. The lowest BCUT2D eigenvalue weighted by atomic mass is 10.3. The Kier molecular flexibility index (Phi) is 2.18. The maximum Gasteiger partial charge on any atom is 0.260 e. The van der Waals surface area contributed by atoms with Gasteiger partial charge in [0.25, 0.3) is 5.91 Å². The van der Waals surface area contributed by atoms with E-state index in [0.717, 1.165) is 0 Å². The van der Waals surface area contributed by atoms with Crippen LogP contribution in [0.1, 0.15) is 10.4 Å². The summed E-state index contributed by atoms with van der Waals surface area (Å²) in [5.74, 6) is 0.151. The monoisotopic (exact) mass is 189 g/mol. The summed E-state index contributed by atoms with van der Waals surface area (Å²) in [5, 5.41) is 8.78. The van der Waals surface area contributed by atoms with E-state index in [4.69, 9.17) is 0 Å². The second kappa shape index (κ2) is 3.65. The van der Waals surface area contributed by atoms with Crippen LogP contribution in [-0.2, 0) is 0 Å². The van der Waals surface area contributed by atoms with Crippen molar-refractivity contribution in [2.75, 3.05) is 5.32 Å². The minimum absolute atomic E-state index is 0.265. The number of carbonyl (C=O) groups excluding carboxylic acids is 1. The molecule has 0 aromatic carbocycles. The van der Waals surface area contributed by atoms with Crippen LogP contribution in [0.3, 0.4) is 0 Å². The Bertz CT molecular complexity index is 411. The quantitative estimate of drug-likeness (QED) is 0.718. The number of hydrogen-bond donors (Lipinski definition) is 2. The summed E-state index contributed by atoms with van der Waals surface area (Å²) in [6, 6.07) is 0. The Balaban J connectivity index is 2.10. The van der Waals surface area contributed by atoms with Crippen LogP contribution in [0.25, 0.3) is 0 Å². The van der Waals surface area contributed by atoms with Crippen molar-refractivity contribution in [2.45, 2.75) is 0 Å². The van der Waals surface area contributed by atoms with E-state index in [9.17, 15) is 4.79 Å². The number of aromatic amines is 1. The molecular formula is C8H7N5O. The maximum absolute atomic E-state index is 11.4. The van der Waals surface area contributed by atoms with Crippen molar-refractivity contribution in [2.24, 2.45) is 0 Å². The lowest BCUT2D eigenvalue weighted by Crippen LogP contribution is -2.12. The molecule has 0 atom stereocenters. The number of carbonyl (C=O) groups is 1. The summed E-state index contributed by atoms with van der Waals surface area (Å²) in [6.45, 7) is 0. The van der Waals surface area contributed by atoms with Crippen LogP contribution in [0, 0.1) is 0 Å². The average Bonchev–Trinajstić information content (AvgIpc) is 2.72. The Morgan fingerprint density at radius 1 is 1.36 bits per heavy atom. The number of anilines is 1. The van der Waals surface area contributed by atoms with Crippen molar-refractivity contribution in [3.05, 3.63) is 36.5 Å². The van der Waals surface area contributed by atoms with Crippen LogP contribution >= 0.6 is 0 Å². The summed E-state index contributed by atoms with van der Waals surface area (Å²) in [5.41, 5.74) is 0.454. The van der Waals surface area contributed by atoms with Crippen LogP contribution in [0.2, 0.25) is 0 Å². The molecule has 0 aliphatic rings. The molecule has 6 nitrogen and oxygen atoms in total. The van der Waals surface area contributed by atoms with Gasteiger partial charge in [0.05, 0.1) is 18.0 Å². The maximum atomic E-state index is 11.4. The number of aromatic nitrogens is 4. The summed E-state index contributed by atoms with van der Waals surface area (Å²) < 4.78 is 0. The number of hydrogen-bond acceptors (Lipinski definition) is 4. The Morgan fingerprint density at radius 3 is 2.93 bits per heavy atom. The second-order valence-corrected chi connectivity index (χ2v) is 2.53. The minimum atomic E-state index is -0.265. The molecule has 0 unspecified atom stereocenters. The first-order valence-corrected chi connectivity index (χ1v) is 3.92. The third-order valence-electron chi connectivity index (χ3n) is 1.57. The van der Waals surface area contributed by atoms with Gasteiger partial charge in [-0.15, -0.1) is 0 Å². The van der Waals surface area contributed by atoms with Gasteiger partial charge in [-0.25, -0.2) is 4.98 Å². The van der Waals surface area contributed by atoms with Gasteiger partial charge in [0.2, 0.25) is 0 Å². The predicted octanol–water partition coefficient (Wildman–Crippen LogP) is 0.452. The molecule has 2 rings (SSSR count). The SMILES string of the molecule is O=C(Nc1cnccn1)c1cn[nH]c1. The van der Waals surface area contributed by atoms with Crippen LogP contribution in [0.4, 0.5) is 5.82 Å². The molecule has 0 saturated heterocycles. The first-order valence-electron chi connectivity index (χ1n) is 3.92. The second-order valence-electron chi connectivity index (χ2n) is 2.53. The molecule has 14 heavy (non-hydrogen) atoms. The number of H-pyrrole nitrogens is 1. The predicted molar refractivity (Wildman–Crippen MR) is 48.6 cm³/mol. The van der Waals surface area contributed by atoms with Gasteiger partial charge < -0.3 is 5.32 Å². The fourth-order valence-corrected chi connectivity index (χ4v) is 0.927. The lowest BCUT2D eigenvalue weighted by molar-refractivity contribution is 0.102. The van der Waals surface area contributed by atoms with Crippen molar-refractivity contribution < 1.29 is 4.79 Å². The van der Waals surface area contributed by atoms with Crippen molar-refractivity contribution in [3.63, 3.8) is 0 Å². The highest BCUT2D eigenvalue weighted by Gasteiger charge is 2.06. The molecule has 2 aromatic heterocycles. The summed E-state index contributed by atoms with van der Waals surface area (Å²) in [6.07, 6.45) is 7.45. The van der Waals surface area contributed by atoms with Crippen LogP contribution in [-0.4, -0.2) is 26.1 Å². The Morgan fingerprint density at radius 2 is 2.29 bits per heavy atom. The molecule has 0 fully saturated rings. The van der Waals surface area contributed by atoms with E-state index in [1.807, 2.05) is 0 Å². The van der Waals surface area contributed by atoms with Crippen molar-refractivity contribution in [1.29, 1.82) is 0 Å². The molecule has 0 saturated carbocycles. The molecule has 2 aromatic rings. The van der Waals surface area contributed by atoms with E-state index in [1.54, 1.807) is 0 Å².